The molecule has 2 aromatic heterocycles. The number of aromatic nitrogens is 2. The summed E-state index contributed by atoms with van der Waals surface area (Å²) < 4.78 is 6.54. The van der Waals surface area contributed by atoms with Crippen molar-refractivity contribution in [2.75, 3.05) is 0 Å². The van der Waals surface area contributed by atoms with Crippen LogP contribution in [-0.4, -0.2) is 9.97 Å². The van der Waals surface area contributed by atoms with Gasteiger partial charge < -0.3 is 4.42 Å². The molecule has 2 heterocycles. The fourth-order valence-electron chi connectivity index (χ4n) is 8.97. The average molecular weight is 715 g/mol. The molecule has 0 atom stereocenters. The summed E-state index contributed by atoms with van der Waals surface area (Å²) >= 11 is 0. The van der Waals surface area contributed by atoms with Crippen molar-refractivity contribution in [1.82, 2.24) is 9.97 Å². The average Bonchev–Trinajstić information content (AvgIpc) is 3.81. The summed E-state index contributed by atoms with van der Waals surface area (Å²) in [6.07, 6.45) is 0. The molecule has 1 aliphatic carbocycles. The van der Waals surface area contributed by atoms with Gasteiger partial charge in [0.25, 0.3) is 0 Å². The highest BCUT2D eigenvalue weighted by atomic mass is 16.3. The fraction of sp³-hybridized carbons (Fsp3) is 0.0189. The molecule has 0 bridgehead atoms. The number of hydrogen-bond donors (Lipinski definition) is 0. The van der Waals surface area contributed by atoms with Crippen molar-refractivity contribution in [2.45, 2.75) is 5.41 Å². The van der Waals surface area contributed by atoms with Gasteiger partial charge in [-0.25, -0.2) is 9.97 Å². The third kappa shape index (κ3) is 4.91. The SMILES string of the molecule is c1ccc(-c2nc(-c3cccc(C4(c5ccccc5)c5ccccc5-c5ccccc54)c3)cc(-c3ccccc3-c3cccc4c3oc3ccccc34)n2)cc1. The Balaban J connectivity index is 1.14. The summed E-state index contributed by atoms with van der Waals surface area (Å²) in [6, 6.07) is 73.2. The van der Waals surface area contributed by atoms with Gasteiger partial charge in [-0.2, -0.15) is 0 Å². The Bertz CT molecular complexity index is 3040. The Morgan fingerprint density at radius 1 is 0.357 bits per heavy atom. The molecule has 10 aromatic rings. The summed E-state index contributed by atoms with van der Waals surface area (Å²) in [4.78, 5) is 10.6. The number of rotatable bonds is 6. The van der Waals surface area contributed by atoms with Gasteiger partial charge in [-0.1, -0.05) is 188 Å². The zero-order valence-corrected chi connectivity index (χ0v) is 30.4. The van der Waals surface area contributed by atoms with Crippen LogP contribution in [0.25, 0.3) is 78.1 Å². The van der Waals surface area contributed by atoms with Gasteiger partial charge in [0.2, 0.25) is 0 Å². The van der Waals surface area contributed by atoms with Gasteiger partial charge in [0.15, 0.2) is 5.82 Å². The lowest BCUT2D eigenvalue weighted by molar-refractivity contribution is 0.670. The fourth-order valence-corrected chi connectivity index (χ4v) is 8.97. The molecule has 56 heavy (non-hydrogen) atoms. The lowest BCUT2D eigenvalue weighted by Gasteiger charge is -2.34. The standard InChI is InChI=1S/C53H34N2O/c1-3-17-35(18-4-1)52-54-48(34-49(55-52)42-26-8-7-23-39(42)44-28-16-29-45-43-27-11-14-32-50(43)56-51(44)45)36-19-15-22-38(33-36)53(37-20-5-2-6-21-37)46-30-12-9-24-40(46)41-25-10-13-31-47(41)53/h1-34H. The molecule has 0 unspecified atom stereocenters. The molecule has 3 nitrogen and oxygen atoms in total. The maximum absolute atomic E-state index is 6.54. The molecule has 0 saturated heterocycles. The van der Waals surface area contributed by atoms with E-state index >= 15 is 0 Å². The first-order chi connectivity index (χ1) is 27.8. The van der Waals surface area contributed by atoms with Crippen molar-refractivity contribution in [3.05, 3.63) is 229 Å². The molecular weight excluding hydrogens is 681 g/mol. The van der Waals surface area contributed by atoms with E-state index in [1.54, 1.807) is 0 Å². The van der Waals surface area contributed by atoms with E-state index in [9.17, 15) is 0 Å². The van der Waals surface area contributed by atoms with Gasteiger partial charge in [0.1, 0.15) is 11.2 Å². The largest absolute Gasteiger partial charge is 0.455 e. The van der Waals surface area contributed by atoms with Crippen LogP contribution < -0.4 is 0 Å². The maximum atomic E-state index is 6.54. The predicted molar refractivity (Wildman–Crippen MR) is 228 cm³/mol. The number of furan rings is 1. The quantitative estimate of drug-likeness (QED) is 0.172. The lowest BCUT2D eigenvalue weighted by Crippen LogP contribution is -2.28. The molecule has 0 fully saturated rings. The Kier molecular flexibility index (Phi) is 7.39. The Hall–Kier alpha value is -7.36. The van der Waals surface area contributed by atoms with Crippen LogP contribution >= 0.6 is 0 Å². The Morgan fingerprint density at radius 3 is 1.66 bits per heavy atom. The first kappa shape index (κ1) is 32.1. The molecule has 8 aromatic carbocycles. The number of fused-ring (bicyclic) bond motifs is 6. The minimum atomic E-state index is -0.513. The molecular formula is C53H34N2O. The van der Waals surface area contributed by atoms with Gasteiger partial charge in [-0.15, -0.1) is 0 Å². The third-order valence-corrected chi connectivity index (χ3v) is 11.4. The topological polar surface area (TPSA) is 38.9 Å². The minimum absolute atomic E-state index is 0.513. The van der Waals surface area contributed by atoms with E-state index in [1.807, 2.05) is 30.3 Å². The molecule has 0 N–H and O–H groups in total. The van der Waals surface area contributed by atoms with E-state index in [4.69, 9.17) is 14.4 Å². The molecule has 1 aliphatic rings. The van der Waals surface area contributed by atoms with Crippen LogP contribution in [0, 0.1) is 0 Å². The van der Waals surface area contributed by atoms with E-state index < -0.39 is 5.41 Å². The van der Waals surface area contributed by atoms with Gasteiger partial charge in [-0.3, -0.25) is 0 Å². The zero-order chi connectivity index (χ0) is 37.1. The van der Waals surface area contributed by atoms with Crippen molar-refractivity contribution in [2.24, 2.45) is 0 Å². The molecule has 11 rings (SSSR count). The first-order valence-corrected chi connectivity index (χ1v) is 19.1. The van der Waals surface area contributed by atoms with Gasteiger partial charge in [-0.05, 0) is 57.1 Å². The minimum Gasteiger partial charge on any atom is -0.455 e. The van der Waals surface area contributed by atoms with Crippen LogP contribution in [0.3, 0.4) is 0 Å². The normalized spacial score (nSPS) is 12.8. The van der Waals surface area contributed by atoms with Gasteiger partial charge in [0, 0.05) is 33.0 Å². The second-order valence-electron chi connectivity index (χ2n) is 14.4. The second-order valence-corrected chi connectivity index (χ2v) is 14.4. The highest BCUT2D eigenvalue weighted by Gasteiger charge is 2.45. The molecule has 0 aliphatic heterocycles. The molecule has 262 valence electrons. The molecule has 3 heteroatoms. The third-order valence-electron chi connectivity index (χ3n) is 11.4. The monoisotopic (exact) mass is 714 g/mol. The summed E-state index contributed by atoms with van der Waals surface area (Å²) in [7, 11) is 0. The smallest absolute Gasteiger partial charge is 0.160 e. The van der Waals surface area contributed by atoms with E-state index in [2.05, 4.69) is 176 Å². The van der Waals surface area contributed by atoms with Crippen molar-refractivity contribution in [1.29, 1.82) is 0 Å². The Labute approximate surface area is 325 Å². The number of nitrogens with zero attached hydrogens (tertiary/aromatic N) is 2. The summed E-state index contributed by atoms with van der Waals surface area (Å²) in [5.41, 5.74) is 15.5. The molecule has 0 amide bonds. The number of hydrogen-bond acceptors (Lipinski definition) is 3. The van der Waals surface area contributed by atoms with Crippen molar-refractivity contribution in [3.63, 3.8) is 0 Å². The van der Waals surface area contributed by atoms with E-state index in [0.717, 1.165) is 61.1 Å². The maximum Gasteiger partial charge on any atom is 0.160 e. The summed E-state index contributed by atoms with van der Waals surface area (Å²) in [6.45, 7) is 0. The molecule has 0 spiro atoms. The van der Waals surface area contributed by atoms with Crippen LogP contribution in [0.2, 0.25) is 0 Å². The van der Waals surface area contributed by atoms with Crippen LogP contribution in [0.1, 0.15) is 22.3 Å². The molecule has 0 radical (unpaired) electrons. The number of benzene rings is 8. The van der Waals surface area contributed by atoms with Crippen molar-refractivity contribution < 1.29 is 4.42 Å². The van der Waals surface area contributed by atoms with Crippen molar-refractivity contribution >= 4 is 21.9 Å². The lowest BCUT2D eigenvalue weighted by atomic mass is 9.67. The zero-order valence-electron chi connectivity index (χ0n) is 30.4. The van der Waals surface area contributed by atoms with Gasteiger partial charge >= 0.3 is 0 Å². The molecule has 0 saturated carbocycles. The first-order valence-electron chi connectivity index (χ1n) is 19.1. The summed E-state index contributed by atoms with van der Waals surface area (Å²) in [5.74, 6) is 0.676. The van der Waals surface area contributed by atoms with E-state index in [0.29, 0.717) is 5.82 Å². The van der Waals surface area contributed by atoms with Gasteiger partial charge in [0.05, 0.1) is 16.8 Å². The highest BCUT2D eigenvalue weighted by molar-refractivity contribution is 6.10. The van der Waals surface area contributed by atoms with Crippen LogP contribution in [0.4, 0.5) is 0 Å². The van der Waals surface area contributed by atoms with Crippen LogP contribution in [-0.2, 0) is 5.41 Å². The number of para-hydroxylation sites is 2. The highest BCUT2D eigenvalue weighted by Crippen LogP contribution is 2.56. The van der Waals surface area contributed by atoms with E-state index in [1.165, 1.54) is 33.4 Å². The van der Waals surface area contributed by atoms with Crippen LogP contribution in [0.5, 0.6) is 0 Å². The predicted octanol–water partition coefficient (Wildman–Crippen LogP) is 13.4. The Morgan fingerprint density at radius 2 is 0.893 bits per heavy atom. The van der Waals surface area contributed by atoms with Crippen LogP contribution in [0.15, 0.2) is 211 Å². The van der Waals surface area contributed by atoms with Crippen molar-refractivity contribution in [3.8, 4) is 56.2 Å². The van der Waals surface area contributed by atoms with E-state index in [-0.39, 0.29) is 0 Å². The second kappa shape index (κ2) is 12.9. The summed E-state index contributed by atoms with van der Waals surface area (Å²) in [5, 5.41) is 2.21.